The Labute approximate surface area is 99.1 Å². The van der Waals surface area contributed by atoms with Crippen LogP contribution in [-0.2, 0) is 9.47 Å². The van der Waals surface area contributed by atoms with E-state index in [4.69, 9.17) is 9.47 Å². The molecule has 1 heterocycles. The van der Waals surface area contributed by atoms with E-state index >= 15 is 0 Å². The number of hydrogen-bond acceptors (Lipinski definition) is 3. The molecule has 0 aromatic rings. The van der Waals surface area contributed by atoms with E-state index in [9.17, 15) is 5.11 Å². The third kappa shape index (κ3) is 2.96. The van der Waals surface area contributed by atoms with Crippen molar-refractivity contribution in [2.45, 2.75) is 64.3 Å². The highest BCUT2D eigenvalue weighted by atomic mass is 16.5. The van der Waals surface area contributed by atoms with E-state index in [2.05, 4.69) is 27.7 Å². The zero-order chi connectivity index (χ0) is 12.6. The van der Waals surface area contributed by atoms with Crippen molar-refractivity contribution in [3.8, 4) is 0 Å². The highest BCUT2D eigenvalue weighted by Gasteiger charge is 2.52. The summed E-state index contributed by atoms with van der Waals surface area (Å²) < 4.78 is 11.1. The molecule has 16 heavy (non-hydrogen) atoms. The molecule has 1 fully saturated rings. The average Bonchev–Trinajstić information content (AvgIpc) is 2.31. The maximum Gasteiger partial charge on any atom is 0.0698 e. The van der Waals surface area contributed by atoms with Crippen LogP contribution in [0.15, 0.2) is 0 Å². The zero-order valence-electron chi connectivity index (χ0n) is 11.5. The normalized spacial score (nSPS) is 31.3. The summed E-state index contributed by atoms with van der Waals surface area (Å²) in [6, 6.07) is 0. The summed E-state index contributed by atoms with van der Waals surface area (Å²) in [7, 11) is 1.66. The van der Waals surface area contributed by atoms with Crippen molar-refractivity contribution in [2.75, 3.05) is 13.7 Å². The summed E-state index contributed by atoms with van der Waals surface area (Å²) in [6.07, 6.45) is 1.54. The molecule has 1 aliphatic heterocycles. The predicted molar refractivity (Wildman–Crippen MR) is 64.5 cm³/mol. The fourth-order valence-electron chi connectivity index (χ4n) is 3.01. The largest absolute Gasteiger partial charge is 0.390 e. The van der Waals surface area contributed by atoms with Crippen molar-refractivity contribution in [3.05, 3.63) is 0 Å². The second-order valence-electron chi connectivity index (χ2n) is 6.32. The number of hydrogen-bond donors (Lipinski definition) is 1. The topological polar surface area (TPSA) is 38.7 Å². The highest BCUT2D eigenvalue weighted by molar-refractivity contribution is 5.02. The number of aliphatic hydroxyl groups is 1. The van der Waals surface area contributed by atoms with Crippen LogP contribution in [0.2, 0.25) is 0 Å². The molecule has 3 nitrogen and oxygen atoms in total. The minimum atomic E-state index is -0.729. The van der Waals surface area contributed by atoms with E-state index in [1.165, 1.54) is 0 Å². The molecule has 0 amide bonds. The van der Waals surface area contributed by atoms with Crippen molar-refractivity contribution in [1.82, 2.24) is 0 Å². The predicted octanol–water partition coefficient (Wildman–Crippen LogP) is 2.37. The Hall–Kier alpha value is -0.120. The van der Waals surface area contributed by atoms with Crippen LogP contribution in [0.5, 0.6) is 0 Å². The lowest BCUT2D eigenvalue weighted by atomic mass is 9.74. The van der Waals surface area contributed by atoms with Gasteiger partial charge in [0.15, 0.2) is 0 Å². The van der Waals surface area contributed by atoms with Crippen molar-refractivity contribution in [3.63, 3.8) is 0 Å². The summed E-state index contributed by atoms with van der Waals surface area (Å²) in [5, 5.41) is 10.6. The highest BCUT2D eigenvalue weighted by Crippen LogP contribution is 2.47. The van der Waals surface area contributed by atoms with Crippen molar-refractivity contribution in [2.24, 2.45) is 5.92 Å². The monoisotopic (exact) mass is 230 g/mol. The summed E-state index contributed by atoms with van der Waals surface area (Å²) in [6.45, 7) is 10.8. The van der Waals surface area contributed by atoms with Crippen LogP contribution in [0, 0.1) is 5.92 Å². The van der Waals surface area contributed by atoms with E-state index in [1.54, 1.807) is 7.11 Å². The minimum absolute atomic E-state index is 0.144. The quantitative estimate of drug-likeness (QED) is 0.806. The fourth-order valence-corrected chi connectivity index (χ4v) is 3.01. The van der Waals surface area contributed by atoms with Gasteiger partial charge in [-0.25, -0.2) is 0 Å². The van der Waals surface area contributed by atoms with Gasteiger partial charge in [-0.3, -0.25) is 0 Å². The van der Waals surface area contributed by atoms with Crippen molar-refractivity contribution < 1.29 is 14.6 Å². The summed E-state index contributed by atoms with van der Waals surface area (Å²) in [4.78, 5) is 0. The number of rotatable bonds is 4. The first-order chi connectivity index (χ1) is 7.11. The van der Waals surface area contributed by atoms with Gasteiger partial charge >= 0.3 is 0 Å². The Bertz CT molecular complexity index is 244. The van der Waals surface area contributed by atoms with Gasteiger partial charge in [0.05, 0.1) is 16.8 Å². The van der Waals surface area contributed by atoms with Crippen LogP contribution in [0.4, 0.5) is 0 Å². The Morgan fingerprint density at radius 1 is 1.38 bits per heavy atom. The Morgan fingerprint density at radius 3 is 2.31 bits per heavy atom. The molecule has 0 saturated carbocycles. The molecule has 1 N–H and O–H groups in total. The molecular weight excluding hydrogens is 204 g/mol. The fraction of sp³-hybridized carbons (Fsp3) is 1.00. The minimum Gasteiger partial charge on any atom is -0.390 e. The maximum absolute atomic E-state index is 10.6. The molecule has 1 saturated heterocycles. The second kappa shape index (κ2) is 4.28. The Kier molecular flexibility index (Phi) is 3.73. The molecule has 2 unspecified atom stereocenters. The van der Waals surface area contributed by atoms with Gasteiger partial charge in [0.25, 0.3) is 0 Å². The molecular formula is C13H26O3. The van der Waals surface area contributed by atoms with Crippen LogP contribution in [0.1, 0.15) is 47.5 Å². The van der Waals surface area contributed by atoms with E-state index in [0.29, 0.717) is 13.0 Å². The lowest BCUT2D eigenvalue weighted by molar-refractivity contribution is -0.113. The second-order valence-corrected chi connectivity index (χ2v) is 6.32. The lowest BCUT2D eigenvalue weighted by Crippen LogP contribution is -2.45. The molecule has 0 aromatic carbocycles. The van der Waals surface area contributed by atoms with Crippen molar-refractivity contribution >= 4 is 0 Å². The zero-order valence-corrected chi connectivity index (χ0v) is 11.5. The van der Waals surface area contributed by atoms with Gasteiger partial charge in [0.1, 0.15) is 0 Å². The lowest BCUT2D eigenvalue weighted by Gasteiger charge is -2.37. The van der Waals surface area contributed by atoms with Crippen LogP contribution in [0.3, 0.4) is 0 Å². The average molecular weight is 230 g/mol. The van der Waals surface area contributed by atoms with Gasteiger partial charge in [-0.1, -0.05) is 0 Å². The number of methoxy groups -OCH3 is 1. The molecule has 0 spiro atoms. The molecule has 1 rings (SSSR count). The van der Waals surface area contributed by atoms with E-state index in [1.807, 2.05) is 6.92 Å². The van der Waals surface area contributed by atoms with E-state index in [0.717, 1.165) is 6.42 Å². The molecule has 2 atom stereocenters. The summed E-state index contributed by atoms with van der Waals surface area (Å²) in [5.74, 6) is 0.144. The molecule has 0 radical (unpaired) electrons. The van der Waals surface area contributed by atoms with Crippen LogP contribution in [-0.4, -0.2) is 35.6 Å². The Morgan fingerprint density at radius 2 is 1.94 bits per heavy atom. The maximum atomic E-state index is 10.6. The van der Waals surface area contributed by atoms with Crippen LogP contribution < -0.4 is 0 Å². The third-order valence-electron chi connectivity index (χ3n) is 3.64. The summed E-state index contributed by atoms with van der Waals surface area (Å²) in [5.41, 5.74) is -1.15. The first kappa shape index (κ1) is 13.9. The molecule has 96 valence electrons. The van der Waals surface area contributed by atoms with Gasteiger partial charge in [-0.05, 0) is 47.5 Å². The molecule has 1 aliphatic rings. The third-order valence-corrected chi connectivity index (χ3v) is 3.64. The first-order valence-electron chi connectivity index (χ1n) is 6.02. The first-order valence-corrected chi connectivity index (χ1v) is 6.02. The molecule has 0 aromatic heterocycles. The van der Waals surface area contributed by atoms with E-state index < -0.39 is 5.60 Å². The van der Waals surface area contributed by atoms with Gasteiger partial charge in [-0.15, -0.1) is 0 Å². The summed E-state index contributed by atoms with van der Waals surface area (Å²) >= 11 is 0. The molecule has 0 bridgehead atoms. The number of ether oxygens (including phenoxy) is 2. The smallest absolute Gasteiger partial charge is 0.0698 e. The van der Waals surface area contributed by atoms with Gasteiger partial charge in [0.2, 0.25) is 0 Å². The van der Waals surface area contributed by atoms with Gasteiger partial charge in [0, 0.05) is 19.6 Å². The van der Waals surface area contributed by atoms with Gasteiger partial charge < -0.3 is 14.6 Å². The molecule has 3 heteroatoms. The van der Waals surface area contributed by atoms with Crippen LogP contribution in [0.25, 0.3) is 0 Å². The standard InChI is InChI=1S/C13H26O3/c1-11(2)9-10(12(3,4)16-11)13(5,14)7-8-15-6/h10,14H,7-9H2,1-6H3. The Balaban J connectivity index is 2.79. The van der Waals surface area contributed by atoms with Crippen molar-refractivity contribution in [1.29, 1.82) is 0 Å². The van der Waals surface area contributed by atoms with Gasteiger partial charge in [-0.2, -0.15) is 0 Å². The molecule has 0 aliphatic carbocycles. The SMILES string of the molecule is COCCC(C)(O)C1CC(C)(C)OC1(C)C. The van der Waals surface area contributed by atoms with Crippen LogP contribution >= 0.6 is 0 Å². The van der Waals surface area contributed by atoms with E-state index in [-0.39, 0.29) is 17.1 Å².